The van der Waals surface area contributed by atoms with Gasteiger partial charge in [-0.15, -0.1) is 0 Å². The van der Waals surface area contributed by atoms with E-state index in [1.165, 1.54) is 0 Å². The van der Waals surface area contributed by atoms with Crippen molar-refractivity contribution in [2.75, 3.05) is 13.2 Å². The molecule has 0 aliphatic carbocycles. The molecule has 3 nitrogen and oxygen atoms in total. The highest BCUT2D eigenvalue weighted by atomic mass is 16.5. The van der Waals surface area contributed by atoms with Crippen LogP contribution in [0.25, 0.3) is 0 Å². The molecule has 17 heavy (non-hydrogen) atoms. The van der Waals surface area contributed by atoms with Crippen molar-refractivity contribution in [2.45, 2.75) is 39.3 Å². The SMILES string of the molecule is CCCOc1ccc(C(N)C(C)OCC)cc1. The molecule has 0 bridgehead atoms. The molecule has 0 saturated heterocycles. The number of ether oxygens (including phenoxy) is 2. The summed E-state index contributed by atoms with van der Waals surface area (Å²) in [5, 5.41) is 0. The van der Waals surface area contributed by atoms with Crippen LogP contribution in [0.3, 0.4) is 0 Å². The van der Waals surface area contributed by atoms with E-state index in [4.69, 9.17) is 15.2 Å². The van der Waals surface area contributed by atoms with Crippen molar-refractivity contribution in [3.05, 3.63) is 29.8 Å². The predicted octanol–water partition coefficient (Wildman–Crippen LogP) is 2.90. The van der Waals surface area contributed by atoms with Crippen LogP contribution < -0.4 is 10.5 Å². The minimum absolute atomic E-state index is 0.0300. The largest absolute Gasteiger partial charge is 0.494 e. The maximum atomic E-state index is 6.11. The van der Waals surface area contributed by atoms with E-state index in [1.807, 2.05) is 38.1 Å². The first-order valence-corrected chi connectivity index (χ1v) is 6.29. The zero-order valence-electron chi connectivity index (χ0n) is 11.0. The van der Waals surface area contributed by atoms with Crippen molar-refractivity contribution < 1.29 is 9.47 Å². The molecular weight excluding hydrogens is 214 g/mol. The van der Waals surface area contributed by atoms with Crippen molar-refractivity contribution in [2.24, 2.45) is 5.73 Å². The van der Waals surface area contributed by atoms with Crippen molar-refractivity contribution in [3.63, 3.8) is 0 Å². The fraction of sp³-hybridized carbons (Fsp3) is 0.571. The molecule has 2 unspecified atom stereocenters. The molecule has 96 valence electrons. The van der Waals surface area contributed by atoms with Gasteiger partial charge in [0.05, 0.1) is 18.8 Å². The molecule has 2 N–H and O–H groups in total. The lowest BCUT2D eigenvalue weighted by atomic mass is 10.0. The van der Waals surface area contributed by atoms with Crippen LogP contribution in [-0.2, 0) is 4.74 Å². The maximum Gasteiger partial charge on any atom is 0.119 e. The number of hydrogen-bond acceptors (Lipinski definition) is 3. The molecule has 1 rings (SSSR count). The van der Waals surface area contributed by atoms with Crippen molar-refractivity contribution in [1.29, 1.82) is 0 Å². The van der Waals surface area contributed by atoms with E-state index in [-0.39, 0.29) is 12.1 Å². The summed E-state index contributed by atoms with van der Waals surface area (Å²) in [6.45, 7) is 7.50. The van der Waals surface area contributed by atoms with E-state index in [2.05, 4.69) is 6.92 Å². The zero-order chi connectivity index (χ0) is 12.7. The highest BCUT2D eigenvalue weighted by Gasteiger charge is 2.14. The Morgan fingerprint density at radius 1 is 1.18 bits per heavy atom. The predicted molar refractivity (Wildman–Crippen MR) is 70.2 cm³/mol. The fourth-order valence-corrected chi connectivity index (χ4v) is 1.64. The number of benzene rings is 1. The van der Waals surface area contributed by atoms with E-state index >= 15 is 0 Å². The standard InChI is InChI=1S/C14H23NO2/c1-4-10-17-13-8-6-12(7-9-13)14(15)11(3)16-5-2/h6-9,11,14H,4-5,10,15H2,1-3H3. The van der Waals surface area contributed by atoms with Gasteiger partial charge in [0, 0.05) is 6.61 Å². The Hall–Kier alpha value is -1.06. The average molecular weight is 237 g/mol. The second kappa shape index (κ2) is 7.30. The summed E-state index contributed by atoms with van der Waals surface area (Å²) in [4.78, 5) is 0. The molecule has 0 aliphatic rings. The maximum absolute atomic E-state index is 6.11. The van der Waals surface area contributed by atoms with Crippen LogP contribution in [0.2, 0.25) is 0 Å². The molecule has 0 aromatic heterocycles. The Morgan fingerprint density at radius 2 is 1.82 bits per heavy atom. The molecule has 2 atom stereocenters. The van der Waals surface area contributed by atoms with Gasteiger partial charge >= 0.3 is 0 Å². The Bertz CT molecular complexity index is 311. The molecule has 1 aromatic carbocycles. The summed E-state index contributed by atoms with van der Waals surface area (Å²) in [5.74, 6) is 0.895. The monoisotopic (exact) mass is 237 g/mol. The third kappa shape index (κ3) is 4.36. The summed E-state index contributed by atoms with van der Waals surface area (Å²) in [7, 11) is 0. The first-order chi connectivity index (χ1) is 8.19. The Balaban J connectivity index is 2.60. The second-order valence-corrected chi connectivity index (χ2v) is 4.10. The Morgan fingerprint density at radius 3 is 2.35 bits per heavy atom. The summed E-state index contributed by atoms with van der Waals surface area (Å²) in [6.07, 6.45) is 1.05. The van der Waals surface area contributed by atoms with Crippen LogP contribution in [0.4, 0.5) is 0 Å². The first-order valence-electron chi connectivity index (χ1n) is 6.29. The Kier molecular flexibility index (Phi) is 6.01. The molecule has 0 radical (unpaired) electrons. The summed E-state index contributed by atoms with van der Waals surface area (Å²) < 4.78 is 11.0. The van der Waals surface area contributed by atoms with Gasteiger partial charge in [0.1, 0.15) is 5.75 Å². The second-order valence-electron chi connectivity index (χ2n) is 4.10. The molecule has 0 fully saturated rings. The molecule has 0 amide bonds. The lowest BCUT2D eigenvalue weighted by Gasteiger charge is -2.20. The van der Waals surface area contributed by atoms with E-state index in [0.717, 1.165) is 24.3 Å². The third-order valence-electron chi connectivity index (χ3n) is 2.67. The average Bonchev–Trinajstić information content (AvgIpc) is 2.36. The van der Waals surface area contributed by atoms with Gasteiger partial charge in [-0.3, -0.25) is 0 Å². The highest BCUT2D eigenvalue weighted by molar-refractivity contribution is 5.29. The van der Waals surface area contributed by atoms with E-state index < -0.39 is 0 Å². The minimum Gasteiger partial charge on any atom is -0.494 e. The zero-order valence-corrected chi connectivity index (χ0v) is 11.0. The molecule has 0 saturated carbocycles. The molecule has 0 aliphatic heterocycles. The van der Waals surface area contributed by atoms with Crippen LogP contribution in [-0.4, -0.2) is 19.3 Å². The number of nitrogens with two attached hydrogens (primary N) is 1. The minimum atomic E-state index is -0.0878. The molecule has 0 heterocycles. The van der Waals surface area contributed by atoms with Gasteiger partial charge in [0.25, 0.3) is 0 Å². The van der Waals surface area contributed by atoms with Crippen LogP contribution >= 0.6 is 0 Å². The van der Waals surface area contributed by atoms with Gasteiger partial charge in [-0.2, -0.15) is 0 Å². The lowest BCUT2D eigenvalue weighted by molar-refractivity contribution is 0.0574. The molecular formula is C14H23NO2. The first kappa shape index (κ1) is 14.0. The van der Waals surface area contributed by atoms with Gasteiger partial charge in [0.2, 0.25) is 0 Å². The van der Waals surface area contributed by atoms with Crippen LogP contribution in [0, 0.1) is 0 Å². The van der Waals surface area contributed by atoms with Crippen LogP contribution in [0.1, 0.15) is 38.8 Å². The fourth-order valence-electron chi connectivity index (χ4n) is 1.64. The normalized spacial score (nSPS) is 14.4. The van der Waals surface area contributed by atoms with E-state index in [1.54, 1.807) is 0 Å². The summed E-state index contributed by atoms with van der Waals surface area (Å²) >= 11 is 0. The summed E-state index contributed by atoms with van der Waals surface area (Å²) in [6, 6.07) is 7.85. The Labute approximate surface area is 104 Å². The number of rotatable bonds is 7. The van der Waals surface area contributed by atoms with Crippen molar-refractivity contribution >= 4 is 0 Å². The van der Waals surface area contributed by atoms with Crippen molar-refractivity contribution in [3.8, 4) is 5.75 Å². The van der Waals surface area contributed by atoms with Gasteiger partial charge < -0.3 is 15.2 Å². The lowest BCUT2D eigenvalue weighted by Crippen LogP contribution is -2.26. The quantitative estimate of drug-likeness (QED) is 0.793. The van der Waals surface area contributed by atoms with Gasteiger partial charge in [0.15, 0.2) is 0 Å². The van der Waals surface area contributed by atoms with Crippen molar-refractivity contribution in [1.82, 2.24) is 0 Å². The summed E-state index contributed by atoms with van der Waals surface area (Å²) in [5.41, 5.74) is 7.19. The molecule has 1 aromatic rings. The van der Waals surface area contributed by atoms with E-state index in [0.29, 0.717) is 6.61 Å². The van der Waals surface area contributed by atoms with E-state index in [9.17, 15) is 0 Å². The van der Waals surface area contributed by atoms with Gasteiger partial charge in [-0.1, -0.05) is 19.1 Å². The van der Waals surface area contributed by atoms with Gasteiger partial charge in [-0.25, -0.2) is 0 Å². The highest BCUT2D eigenvalue weighted by Crippen LogP contribution is 2.20. The van der Waals surface area contributed by atoms with Gasteiger partial charge in [-0.05, 0) is 38.0 Å². The smallest absolute Gasteiger partial charge is 0.119 e. The third-order valence-corrected chi connectivity index (χ3v) is 2.67. The number of hydrogen-bond donors (Lipinski definition) is 1. The van der Waals surface area contributed by atoms with Crippen LogP contribution in [0.15, 0.2) is 24.3 Å². The topological polar surface area (TPSA) is 44.5 Å². The molecule has 0 spiro atoms. The molecule has 3 heteroatoms. The van der Waals surface area contributed by atoms with Crippen LogP contribution in [0.5, 0.6) is 5.75 Å².